The van der Waals surface area contributed by atoms with Gasteiger partial charge in [-0.2, -0.15) is 0 Å². The van der Waals surface area contributed by atoms with E-state index in [1.54, 1.807) is 14.2 Å². The quantitative estimate of drug-likeness (QED) is 0.492. The summed E-state index contributed by atoms with van der Waals surface area (Å²) in [7, 11) is 3.37. The van der Waals surface area contributed by atoms with E-state index in [-0.39, 0.29) is 12.5 Å². The predicted octanol–water partition coefficient (Wildman–Crippen LogP) is 2.03. The fourth-order valence-electron chi connectivity index (χ4n) is 2.59. The number of nitrogens with zero attached hydrogens (tertiary/aromatic N) is 1. The summed E-state index contributed by atoms with van der Waals surface area (Å²) >= 11 is 0. The molecule has 0 aliphatic rings. The molecule has 3 N–H and O–H groups in total. The Morgan fingerprint density at radius 1 is 1.04 bits per heavy atom. The average Bonchev–Trinajstić information content (AvgIpc) is 2.70. The molecule has 6 heteroatoms. The molecule has 0 bridgehead atoms. The van der Waals surface area contributed by atoms with Crippen molar-refractivity contribution in [1.82, 2.24) is 16.0 Å². The number of carbonyl (C=O) groups is 1. The molecule has 0 radical (unpaired) electrons. The molecule has 1 amide bonds. The van der Waals surface area contributed by atoms with E-state index in [2.05, 4.69) is 33.1 Å². The van der Waals surface area contributed by atoms with Gasteiger partial charge in [0.2, 0.25) is 5.91 Å². The number of amides is 1. The minimum atomic E-state index is -0.0786. The average molecular weight is 368 g/mol. The van der Waals surface area contributed by atoms with Crippen LogP contribution in [0.25, 0.3) is 0 Å². The van der Waals surface area contributed by atoms with Crippen molar-refractivity contribution in [1.29, 1.82) is 0 Å². The summed E-state index contributed by atoms with van der Waals surface area (Å²) in [5, 5.41) is 9.12. The number of methoxy groups -OCH3 is 1. The van der Waals surface area contributed by atoms with Crippen LogP contribution in [0, 0.1) is 6.92 Å². The van der Waals surface area contributed by atoms with Gasteiger partial charge >= 0.3 is 0 Å². The fraction of sp³-hybridized carbons (Fsp3) is 0.333. The van der Waals surface area contributed by atoms with Crippen molar-refractivity contribution in [2.45, 2.75) is 19.9 Å². The van der Waals surface area contributed by atoms with Crippen molar-refractivity contribution in [2.75, 3.05) is 27.2 Å². The molecule has 0 aliphatic carbocycles. The first-order chi connectivity index (χ1) is 13.1. The first kappa shape index (κ1) is 20.3. The van der Waals surface area contributed by atoms with E-state index in [0.29, 0.717) is 19.0 Å². The van der Waals surface area contributed by atoms with Crippen LogP contribution < -0.4 is 20.7 Å². The van der Waals surface area contributed by atoms with Crippen molar-refractivity contribution >= 4 is 11.9 Å². The molecule has 0 unspecified atom stereocenters. The Kier molecular flexibility index (Phi) is 8.16. The zero-order valence-corrected chi connectivity index (χ0v) is 16.2. The second-order valence-electron chi connectivity index (χ2n) is 6.17. The van der Waals surface area contributed by atoms with Gasteiger partial charge in [0.05, 0.1) is 13.7 Å². The van der Waals surface area contributed by atoms with Crippen LogP contribution in [0.15, 0.2) is 53.5 Å². The summed E-state index contributed by atoms with van der Waals surface area (Å²) in [5.41, 5.74) is 3.37. The third kappa shape index (κ3) is 7.01. The van der Waals surface area contributed by atoms with Gasteiger partial charge in [-0.05, 0) is 36.1 Å². The Morgan fingerprint density at radius 2 is 1.81 bits per heavy atom. The molecule has 0 spiro atoms. The van der Waals surface area contributed by atoms with Crippen molar-refractivity contribution in [3.05, 3.63) is 65.2 Å². The highest BCUT2D eigenvalue weighted by atomic mass is 16.5. The lowest BCUT2D eigenvalue weighted by Crippen LogP contribution is -2.43. The maximum atomic E-state index is 12.0. The molecule has 2 rings (SSSR count). The summed E-state index contributed by atoms with van der Waals surface area (Å²) in [6.07, 6.45) is 0.831. The van der Waals surface area contributed by atoms with Crippen LogP contribution in [0.5, 0.6) is 5.75 Å². The van der Waals surface area contributed by atoms with Crippen LogP contribution in [0.2, 0.25) is 0 Å². The van der Waals surface area contributed by atoms with Gasteiger partial charge in [0.15, 0.2) is 5.96 Å². The number of nitrogens with one attached hydrogen (secondary N) is 3. The Morgan fingerprint density at radius 3 is 2.52 bits per heavy atom. The van der Waals surface area contributed by atoms with Gasteiger partial charge in [-0.15, -0.1) is 0 Å². The summed E-state index contributed by atoms with van der Waals surface area (Å²) in [6.45, 7) is 3.42. The first-order valence-electron chi connectivity index (χ1n) is 9.01. The Hall–Kier alpha value is -3.02. The lowest BCUT2D eigenvalue weighted by atomic mass is 10.1. The lowest BCUT2D eigenvalue weighted by Gasteiger charge is -2.13. The number of hydrogen-bond acceptors (Lipinski definition) is 3. The highest BCUT2D eigenvalue weighted by Gasteiger charge is 2.04. The molecular weight excluding hydrogens is 340 g/mol. The number of aryl methyl sites for hydroxylation is 1. The lowest BCUT2D eigenvalue weighted by molar-refractivity contribution is -0.120. The van der Waals surface area contributed by atoms with E-state index < -0.39 is 0 Å². The van der Waals surface area contributed by atoms with Gasteiger partial charge in [-0.1, -0.05) is 42.5 Å². The van der Waals surface area contributed by atoms with E-state index in [1.807, 2.05) is 43.3 Å². The number of benzene rings is 2. The summed E-state index contributed by atoms with van der Waals surface area (Å²) in [4.78, 5) is 16.1. The van der Waals surface area contributed by atoms with E-state index in [1.165, 1.54) is 5.56 Å². The molecule has 0 saturated heterocycles. The normalized spacial score (nSPS) is 11.0. The van der Waals surface area contributed by atoms with E-state index in [9.17, 15) is 4.79 Å². The summed E-state index contributed by atoms with van der Waals surface area (Å²) in [6, 6.07) is 16.0. The zero-order valence-electron chi connectivity index (χ0n) is 16.2. The van der Waals surface area contributed by atoms with E-state index in [4.69, 9.17) is 4.74 Å². The molecule has 0 fully saturated rings. The molecule has 2 aromatic carbocycles. The number of ether oxygens (including phenoxy) is 1. The molecule has 0 atom stereocenters. The highest BCUT2D eigenvalue weighted by molar-refractivity contribution is 5.86. The monoisotopic (exact) mass is 368 g/mol. The largest absolute Gasteiger partial charge is 0.496 e. The SMILES string of the molecule is CN=C(NCCc1ccc(C)c(OC)c1)NCC(=O)NCc1ccccc1. The number of guanidine groups is 1. The topological polar surface area (TPSA) is 74.8 Å². The molecule has 6 nitrogen and oxygen atoms in total. The maximum Gasteiger partial charge on any atom is 0.239 e. The Balaban J connectivity index is 1.70. The van der Waals surface area contributed by atoms with Crippen LogP contribution in [0.1, 0.15) is 16.7 Å². The summed E-state index contributed by atoms with van der Waals surface area (Å²) < 4.78 is 5.35. The number of hydrogen-bond donors (Lipinski definition) is 3. The standard InChI is InChI=1S/C21H28N4O2/c1-16-9-10-17(13-19(16)27-3)11-12-23-21(22-2)25-15-20(26)24-14-18-7-5-4-6-8-18/h4-10,13H,11-12,14-15H2,1-3H3,(H,24,26)(H2,22,23,25). The van der Waals surface area contributed by atoms with E-state index >= 15 is 0 Å². The fourth-order valence-corrected chi connectivity index (χ4v) is 2.59. The molecule has 0 aliphatic heterocycles. The van der Waals surface area contributed by atoms with Crippen molar-refractivity contribution in [2.24, 2.45) is 4.99 Å². The molecular formula is C21H28N4O2. The predicted molar refractivity (Wildman–Crippen MR) is 109 cm³/mol. The second kappa shape index (κ2) is 10.9. The second-order valence-corrected chi connectivity index (χ2v) is 6.17. The van der Waals surface area contributed by atoms with Gasteiger partial charge < -0.3 is 20.7 Å². The zero-order chi connectivity index (χ0) is 19.5. The molecule has 0 aromatic heterocycles. The molecule has 2 aromatic rings. The molecule has 27 heavy (non-hydrogen) atoms. The minimum absolute atomic E-state index is 0.0786. The van der Waals surface area contributed by atoms with Crippen LogP contribution in [-0.2, 0) is 17.8 Å². The number of carbonyl (C=O) groups excluding carboxylic acids is 1. The minimum Gasteiger partial charge on any atom is -0.496 e. The van der Waals surface area contributed by atoms with Crippen LogP contribution in [0.3, 0.4) is 0 Å². The van der Waals surface area contributed by atoms with E-state index in [0.717, 1.165) is 23.3 Å². The van der Waals surface area contributed by atoms with Gasteiger partial charge in [0, 0.05) is 20.1 Å². The van der Waals surface area contributed by atoms with Crippen molar-refractivity contribution < 1.29 is 9.53 Å². The smallest absolute Gasteiger partial charge is 0.239 e. The summed E-state index contributed by atoms with van der Waals surface area (Å²) in [5.74, 6) is 1.42. The van der Waals surface area contributed by atoms with Crippen LogP contribution >= 0.6 is 0 Å². The van der Waals surface area contributed by atoms with Gasteiger partial charge in [-0.3, -0.25) is 9.79 Å². The number of rotatable bonds is 8. The number of aliphatic imine (C=N–C) groups is 1. The van der Waals surface area contributed by atoms with Crippen molar-refractivity contribution in [3.63, 3.8) is 0 Å². The Bertz CT molecular complexity index is 760. The third-order valence-corrected chi connectivity index (χ3v) is 4.15. The third-order valence-electron chi connectivity index (χ3n) is 4.15. The van der Waals surface area contributed by atoms with Crippen LogP contribution in [-0.4, -0.2) is 39.1 Å². The van der Waals surface area contributed by atoms with Gasteiger partial charge in [0.25, 0.3) is 0 Å². The molecule has 0 saturated carbocycles. The molecule has 144 valence electrons. The Labute approximate surface area is 161 Å². The van der Waals surface area contributed by atoms with Crippen molar-refractivity contribution in [3.8, 4) is 5.75 Å². The van der Waals surface area contributed by atoms with Gasteiger partial charge in [0.1, 0.15) is 5.75 Å². The van der Waals surface area contributed by atoms with Gasteiger partial charge in [-0.25, -0.2) is 0 Å². The molecule has 0 heterocycles. The van der Waals surface area contributed by atoms with Crippen LogP contribution in [0.4, 0.5) is 0 Å². The maximum absolute atomic E-state index is 12.0. The highest BCUT2D eigenvalue weighted by Crippen LogP contribution is 2.18. The first-order valence-corrected chi connectivity index (χ1v) is 9.01.